The number of urea groups is 1. The number of carbonyl (C=O) groups is 2. The quantitative estimate of drug-likeness (QED) is 0.341. The first-order valence-corrected chi connectivity index (χ1v) is 11.2. The molecule has 2 aromatic carbocycles. The van der Waals surface area contributed by atoms with Crippen LogP contribution in [0.5, 0.6) is 0 Å². The van der Waals surface area contributed by atoms with Crippen LogP contribution >= 0.6 is 12.4 Å². The van der Waals surface area contributed by atoms with Gasteiger partial charge in [0.25, 0.3) is 0 Å². The molecule has 0 aliphatic rings. The van der Waals surface area contributed by atoms with Gasteiger partial charge in [0.2, 0.25) is 0 Å². The van der Waals surface area contributed by atoms with E-state index in [1.807, 2.05) is 42.5 Å². The molecule has 2 amide bonds. The summed E-state index contributed by atoms with van der Waals surface area (Å²) in [6.45, 7) is 5.76. The van der Waals surface area contributed by atoms with Crippen LogP contribution in [-0.2, 0) is 11.2 Å². The third kappa shape index (κ3) is 8.42. The van der Waals surface area contributed by atoms with E-state index >= 15 is 0 Å². The second-order valence-corrected chi connectivity index (χ2v) is 7.75. The second-order valence-electron chi connectivity index (χ2n) is 7.75. The van der Waals surface area contributed by atoms with Crippen LogP contribution in [0.15, 0.2) is 42.5 Å². The van der Waals surface area contributed by atoms with Crippen LogP contribution in [-0.4, -0.2) is 37.2 Å². The Morgan fingerprint density at radius 3 is 2.47 bits per heavy atom. The topological polar surface area (TPSA) is 81.7 Å². The van der Waals surface area contributed by atoms with Gasteiger partial charge in [0, 0.05) is 43.5 Å². The molecule has 6 nitrogen and oxygen atoms in total. The smallest absolute Gasteiger partial charge is 0.321 e. The molecular weight excluding hydrogens is 426 g/mol. The van der Waals surface area contributed by atoms with Crippen molar-refractivity contribution < 1.29 is 14.7 Å². The molecule has 0 aromatic heterocycles. The van der Waals surface area contributed by atoms with E-state index < -0.39 is 5.97 Å². The SMILES string of the molecule is CCCCCNC(=O)N(C)c1cccc(-c2ccc(CCC(=O)O)cc2NCCC)c1.Cl. The molecular formula is C25H36ClN3O3. The van der Waals surface area contributed by atoms with E-state index in [1.54, 1.807) is 11.9 Å². The number of aryl methyl sites for hydroxylation is 1. The number of hydrogen-bond acceptors (Lipinski definition) is 3. The highest BCUT2D eigenvalue weighted by molar-refractivity contribution is 5.92. The lowest BCUT2D eigenvalue weighted by atomic mass is 9.99. The van der Waals surface area contributed by atoms with Crippen molar-refractivity contribution in [1.82, 2.24) is 5.32 Å². The highest BCUT2D eigenvalue weighted by Crippen LogP contribution is 2.32. The van der Waals surface area contributed by atoms with Crippen LogP contribution in [0.2, 0.25) is 0 Å². The molecule has 0 radical (unpaired) electrons. The standard InChI is InChI=1S/C25H35N3O3.ClH/c1-4-6-7-16-27-25(31)28(3)21-10-8-9-20(18-21)22-13-11-19(12-14-24(29)30)17-23(22)26-15-5-2;/h8-11,13,17-18,26H,4-7,12,14-16H2,1-3H3,(H,27,31)(H,29,30);1H. The number of unbranched alkanes of at least 4 members (excludes halogenated alkanes) is 2. The zero-order chi connectivity index (χ0) is 22.6. The highest BCUT2D eigenvalue weighted by atomic mass is 35.5. The maximum atomic E-state index is 12.5. The van der Waals surface area contributed by atoms with Gasteiger partial charge in [0.05, 0.1) is 0 Å². The Bertz CT molecular complexity index is 873. The number of aliphatic carboxylic acids is 1. The molecule has 32 heavy (non-hydrogen) atoms. The van der Waals surface area contributed by atoms with Crippen molar-refractivity contribution >= 4 is 35.8 Å². The van der Waals surface area contributed by atoms with Gasteiger partial charge < -0.3 is 15.7 Å². The van der Waals surface area contributed by atoms with Crippen molar-refractivity contribution in [1.29, 1.82) is 0 Å². The van der Waals surface area contributed by atoms with Crippen LogP contribution in [0.25, 0.3) is 11.1 Å². The van der Waals surface area contributed by atoms with Gasteiger partial charge in [-0.1, -0.05) is 51.0 Å². The Morgan fingerprint density at radius 2 is 1.78 bits per heavy atom. The first-order chi connectivity index (χ1) is 15.0. The van der Waals surface area contributed by atoms with E-state index in [1.165, 1.54) is 0 Å². The van der Waals surface area contributed by atoms with Crippen molar-refractivity contribution in [2.75, 3.05) is 30.4 Å². The molecule has 3 N–H and O–H groups in total. The van der Waals surface area contributed by atoms with Gasteiger partial charge in [0.1, 0.15) is 0 Å². The number of rotatable bonds is 12. The Kier molecular flexibility index (Phi) is 12.2. The zero-order valence-electron chi connectivity index (χ0n) is 19.3. The Morgan fingerprint density at radius 1 is 1.00 bits per heavy atom. The predicted molar refractivity (Wildman–Crippen MR) is 135 cm³/mol. The summed E-state index contributed by atoms with van der Waals surface area (Å²) < 4.78 is 0. The summed E-state index contributed by atoms with van der Waals surface area (Å²) in [6.07, 6.45) is 4.81. The van der Waals surface area contributed by atoms with Crippen LogP contribution in [0, 0.1) is 0 Å². The van der Waals surface area contributed by atoms with Gasteiger partial charge >= 0.3 is 12.0 Å². The second kappa shape index (κ2) is 14.4. The Labute approximate surface area is 197 Å². The van der Waals surface area contributed by atoms with Crippen LogP contribution < -0.4 is 15.5 Å². The lowest BCUT2D eigenvalue weighted by Gasteiger charge is -2.20. The Balaban J connectivity index is 0.00000512. The summed E-state index contributed by atoms with van der Waals surface area (Å²) in [5.41, 5.74) is 4.83. The molecule has 0 unspecified atom stereocenters. The van der Waals surface area contributed by atoms with Gasteiger partial charge in [-0.15, -0.1) is 12.4 Å². The number of hydrogen-bond donors (Lipinski definition) is 3. The van der Waals surface area contributed by atoms with Crippen LogP contribution in [0.3, 0.4) is 0 Å². The number of nitrogens with zero attached hydrogens (tertiary/aromatic N) is 1. The summed E-state index contributed by atoms with van der Waals surface area (Å²) in [4.78, 5) is 25.0. The average Bonchev–Trinajstić information content (AvgIpc) is 2.78. The minimum atomic E-state index is -0.796. The van der Waals surface area contributed by atoms with Crippen molar-refractivity contribution in [3.63, 3.8) is 0 Å². The number of carboxylic acid groups (broad SMARTS) is 1. The number of carboxylic acids is 1. The molecule has 7 heteroatoms. The summed E-state index contributed by atoms with van der Waals surface area (Å²) in [7, 11) is 1.78. The van der Waals surface area contributed by atoms with Gasteiger partial charge in [-0.05, 0) is 48.6 Å². The predicted octanol–water partition coefficient (Wildman–Crippen LogP) is 5.95. The number of amides is 2. The highest BCUT2D eigenvalue weighted by Gasteiger charge is 2.13. The van der Waals surface area contributed by atoms with Gasteiger partial charge in [-0.25, -0.2) is 4.79 Å². The minimum Gasteiger partial charge on any atom is -0.481 e. The van der Waals surface area contributed by atoms with Gasteiger partial charge in [0.15, 0.2) is 0 Å². The van der Waals surface area contributed by atoms with Crippen molar-refractivity contribution in [3.8, 4) is 11.1 Å². The lowest BCUT2D eigenvalue weighted by Crippen LogP contribution is -2.37. The maximum absolute atomic E-state index is 12.5. The summed E-state index contributed by atoms with van der Waals surface area (Å²) >= 11 is 0. The maximum Gasteiger partial charge on any atom is 0.321 e. The molecule has 0 bridgehead atoms. The molecule has 0 saturated carbocycles. The fourth-order valence-electron chi connectivity index (χ4n) is 3.34. The average molecular weight is 462 g/mol. The molecule has 0 fully saturated rings. The molecule has 0 heterocycles. The van der Waals surface area contributed by atoms with Crippen molar-refractivity contribution in [3.05, 3.63) is 48.0 Å². The zero-order valence-corrected chi connectivity index (χ0v) is 20.1. The molecule has 2 aromatic rings. The number of benzene rings is 2. The van der Waals surface area contributed by atoms with Crippen LogP contribution in [0.1, 0.15) is 51.5 Å². The molecule has 0 atom stereocenters. The van der Waals surface area contributed by atoms with E-state index in [0.717, 1.165) is 60.3 Å². The lowest BCUT2D eigenvalue weighted by molar-refractivity contribution is -0.136. The fraction of sp³-hybridized carbons (Fsp3) is 0.440. The molecule has 0 aliphatic heterocycles. The Hall–Kier alpha value is -2.73. The van der Waals surface area contributed by atoms with E-state index in [4.69, 9.17) is 5.11 Å². The van der Waals surface area contributed by atoms with Crippen molar-refractivity contribution in [2.45, 2.75) is 52.4 Å². The number of nitrogens with one attached hydrogen (secondary N) is 2. The minimum absolute atomic E-state index is 0. The van der Waals surface area contributed by atoms with E-state index in [2.05, 4.69) is 24.5 Å². The summed E-state index contributed by atoms with van der Waals surface area (Å²) in [5.74, 6) is -0.796. The molecule has 176 valence electrons. The first-order valence-electron chi connectivity index (χ1n) is 11.2. The largest absolute Gasteiger partial charge is 0.481 e. The number of halogens is 1. The summed E-state index contributed by atoms with van der Waals surface area (Å²) in [5, 5.41) is 15.4. The van der Waals surface area contributed by atoms with Gasteiger partial charge in [-0.3, -0.25) is 9.69 Å². The van der Waals surface area contributed by atoms with Gasteiger partial charge in [-0.2, -0.15) is 0 Å². The first kappa shape index (κ1) is 27.3. The van der Waals surface area contributed by atoms with E-state index in [0.29, 0.717) is 13.0 Å². The van der Waals surface area contributed by atoms with Crippen molar-refractivity contribution in [2.24, 2.45) is 0 Å². The summed E-state index contributed by atoms with van der Waals surface area (Å²) in [6, 6.07) is 13.8. The fourth-order valence-corrected chi connectivity index (χ4v) is 3.34. The third-order valence-electron chi connectivity index (χ3n) is 5.18. The monoisotopic (exact) mass is 461 g/mol. The number of carbonyl (C=O) groups excluding carboxylic acids is 1. The normalized spacial score (nSPS) is 10.2. The van der Waals surface area contributed by atoms with Crippen LogP contribution in [0.4, 0.5) is 16.2 Å². The third-order valence-corrected chi connectivity index (χ3v) is 5.18. The van der Waals surface area contributed by atoms with E-state index in [-0.39, 0.29) is 24.9 Å². The molecule has 0 saturated heterocycles. The van der Waals surface area contributed by atoms with E-state index in [9.17, 15) is 9.59 Å². The molecule has 2 rings (SSSR count). The molecule has 0 spiro atoms. The number of anilines is 2. The molecule has 0 aliphatic carbocycles.